The van der Waals surface area contributed by atoms with Crippen LogP contribution in [0.15, 0.2) is 0 Å². The maximum Gasteiger partial charge on any atom is 0.421 e. The van der Waals surface area contributed by atoms with E-state index in [4.69, 9.17) is 5.73 Å². The Morgan fingerprint density at radius 1 is 1.53 bits per heavy atom. The third kappa shape index (κ3) is 4.14. The number of nitrogens with one attached hydrogen (secondary N) is 1. The number of carbonyl (C=O) groups is 1. The third-order valence-corrected chi connectivity index (χ3v) is 4.08. The number of rotatable bonds is 5. The van der Waals surface area contributed by atoms with Gasteiger partial charge in [-0.05, 0) is 25.7 Å². The number of carbonyl (C=O) groups excluding carboxylic acids is 1. The fraction of sp³-hybridized carbons (Fsp3) is 0.889. The van der Waals surface area contributed by atoms with Gasteiger partial charge in [-0.15, -0.1) is 0 Å². The summed E-state index contributed by atoms with van der Waals surface area (Å²) >= 11 is 0. The molecule has 7 nitrogen and oxygen atoms in total. The van der Waals surface area contributed by atoms with Crippen molar-refractivity contribution in [3.63, 3.8) is 0 Å². The molecule has 0 radical (unpaired) electrons. The van der Waals surface area contributed by atoms with E-state index in [0.717, 1.165) is 17.1 Å². The van der Waals surface area contributed by atoms with Crippen LogP contribution in [-0.4, -0.2) is 45.1 Å². The minimum absolute atomic E-state index is 0.128. The molecule has 0 saturated heterocycles. The van der Waals surface area contributed by atoms with Crippen molar-refractivity contribution >= 4 is 16.3 Å². The molecule has 1 amide bonds. The largest absolute Gasteiger partial charge is 0.449 e. The molecule has 0 aromatic rings. The second-order valence-electron chi connectivity index (χ2n) is 4.21. The van der Waals surface area contributed by atoms with Crippen molar-refractivity contribution in [2.24, 2.45) is 11.7 Å². The number of hydrogen-bond donors (Lipinski definition) is 2. The Labute approximate surface area is 101 Å². The molecule has 8 heteroatoms. The predicted molar refractivity (Wildman–Crippen MR) is 62.4 cm³/mol. The summed E-state index contributed by atoms with van der Waals surface area (Å²) in [6.07, 6.45) is 0.683. The molecule has 1 rings (SSSR count). The topological polar surface area (TPSA) is 102 Å². The fourth-order valence-electron chi connectivity index (χ4n) is 1.74. The van der Waals surface area contributed by atoms with E-state index in [9.17, 15) is 13.2 Å². The van der Waals surface area contributed by atoms with Crippen LogP contribution in [0.3, 0.4) is 0 Å². The van der Waals surface area contributed by atoms with Gasteiger partial charge >= 0.3 is 16.3 Å². The Balaban J connectivity index is 2.43. The summed E-state index contributed by atoms with van der Waals surface area (Å²) in [5, 5.41) is 0. The average molecular weight is 265 g/mol. The molecule has 3 N–H and O–H groups in total. The average Bonchev–Trinajstić information content (AvgIpc) is 2.14. The van der Waals surface area contributed by atoms with Crippen LogP contribution in [0.5, 0.6) is 0 Å². The molecule has 0 aliphatic heterocycles. The molecule has 0 aromatic heterocycles. The van der Waals surface area contributed by atoms with Gasteiger partial charge in [-0.2, -0.15) is 12.7 Å². The SMILES string of the molecule is CCOC(=O)NS(=O)(=O)N(C)CC1CC(N)C1. The van der Waals surface area contributed by atoms with E-state index in [1.165, 1.54) is 7.05 Å². The van der Waals surface area contributed by atoms with Gasteiger partial charge in [0.2, 0.25) is 0 Å². The first-order valence-corrected chi connectivity index (χ1v) is 6.95. The van der Waals surface area contributed by atoms with Gasteiger partial charge in [0.15, 0.2) is 0 Å². The highest BCUT2D eigenvalue weighted by atomic mass is 32.2. The van der Waals surface area contributed by atoms with Gasteiger partial charge in [-0.25, -0.2) is 9.52 Å². The van der Waals surface area contributed by atoms with E-state index in [1.54, 1.807) is 6.92 Å². The molecule has 0 bridgehead atoms. The summed E-state index contributed by atoms with van der Waals surface area (Å²) in [5.41, 5.74) is 5.62. The van der Waals surface area contributed by atoms with Gasteiger partial charge in [-0.3, -0.25) is 0 Å². The summed E-state index contributed by atoms with van der Waals surface area (Å²) < 4.78 is 30.8. The molecule has 1 aliphatic carbocycles. The molecule has 0 heterocycles. The summed E-state index contributed by atoms with van der Waals surface area (Å²) in [5.74, 6) is 0.272. The molecule has 17 heavy (non-hydrogen) atoms. The van der Waals surface area contributed by atoms with Crippen molar-refractivity contribution in [3.05, 3.63) is 0 Å². The van der Waals surface area contributed by atoms with Crippen LogP contribution in [0.4, 0.5) is 4.79 Å². The molecule has 100 valence electrons. The highest BCUT2D eigenvalue weighted by Gasteiger charge is 2.30. The van der Waals surface area contributed by atoms with Crippen LogP contribution in [0, 0.1) is 5.92 Å². The summed E-state index contributed by atoms with van der Waals surface area (Å²) in [7, 11) is -2.38. The molecular weight excluding hydrogens is 246 g/mol. The van der Waals surface area contributed by atoms with Crippen LogP contribution in [-0.2, 0) is 14.9 Å². The van der Waals surface area contributed by atoms with E-state index in [2.05, 4.69) is 4.74 Å². The third-order valence-electron chi connectivity index (χ3n) is 2.69. The monoisotopic (exact) mass is 265 g/mol. The van der Waals surface area contributed by atoms with Gasteiger partial charge in [0, 0.05) is 19.6 Å². The van der Waals surface area contributed by atoms with Crippen molar-refractivity contribution in [1.82, 2.24) is 9.03 Å². The van der Waals surface area contributed by atoms with Crippen molar-refractivity contribution in [2.45, 2.75) is 25.8 Å². The Bertz CT molecular complexity index is 364. The van der Waals surface area contributed by atoms with Crippen LogP contribution in [0.2, 0.25) is 0 Å². The van der Waals surface area contributed by atoms with Crippen molar-refractivity contribution in [1.29, 1.82) is 0 Å². The molecule has 0 unspecified atom stereocenters. The first-order chi connectivity index (χ1) is 7.85. The van der Waals surface area contributed by atoms with Crippen molar-refractivity contribution in [2.75, 3.05) is 20.2 Å². The van der Waals surface area contributed by atoms with Crippen molar-refractivity contribution < 1.29 is 17.9 Å². The van der Waals surface area contributed by atoms with Gasteiger partial charge in [0.05, 0.1) is 6.61 Å². The van der Waals surface area contributed by atoms with E-state index in [1.807, 2.05) is 4.72 Å². The maximum absolute atomic E-state index is 11.7. The minimum Gasteiger partial charge on any atom is -0.449 e. The number of nitrogens with two attached hydrogens (primary N) is 1. The lowest BCUT2D eigenvalue weighted by Gasteiger charge is -2.34. The molecule has 1 fully saturated rings. The highest BCUT2D eigenvalue weighted by Crippen LogP contribution is 2.26. The number of nitrogens with zero attached hydrogens (tertiary/aromatic N) is 1. The van der Waals surface area contributed by atoms with Crippen LogP contribution >= 0.6 is 0 Å². The Hall–Kier alpha value is -0.860. The minimum atomic E-state index is -3.80. The smallest absolute Gasteiger partial charge is 0.421 e. The zero-order chi connectivity index (χ0) is 13.1. The Kier molecular flexibility index (Phi) is 4.72. The quantitative estimate of drug-likeness (QED) is 0.707. The zero-order valence-electron chi connectivity index (χ0n) is 10.0. The summed E-state index contributed by atoms with van der Waals surface area (Å²) in [6.45, 7) is 2.09. The normalized spacial score (nSPS) is 24.2. The van der Waals surface area contributed by atoms with Crippen LogP contribution < -0.4 is 10.5 Å². The molecule has 0 spiro atoms. The lowest BCUT2D eigenvalue weighted by molar-refractivity contribution is 0.157. The molecule has 1 saturated carbocycles. The van der Waals surface area contributed by atoms with Gasteiger partial charge < -0.3 is 10.5 Å². The second-order valence-corrected chi connectivity index (χ2v) is 5.98. The first-order valence-electron chi connectivity index (χ1n) is 5.51. The molecule has 1 aliphatic rings. The number of amides is 1. The standard InChI is InChI=1S/C9H19N3O4S/c1-3-16-9(13)11-17(14,15)12(2)6-7-4-8(10)5-7/h7-8H,3-6,10H2,1-2H3,(H,11,13). The summed E-state index contributed by atoms with van der Waals surface area (Å²) in [4.78, 5) is 11.0. The zero-order valence-corrected chi connectivity index (χ0v) is 10.9. The maximum atomic E-state index is 11.7. The summed E-state index contributed by atoms with van der Waals surface area (Å²) in [6, 6.07) is 0.175. The second kappa shape index (κ2) is 5.65. The first kappa shape index (κ1) is 14.2. The number of hydrogen-bond acceptors (Lipinski definition) is 5. The van der Waals surface area contributed by atoms with E-state index in [-0.39, 0.29) is 18.6 Å². The molecule has 0 aromatic carbocycles. The number of ether oxygens (including phenoxy) is 1. The van der Waals surface area contributed by atoms with Crippen LogP contribution in [0.1, 0.15) is 19.8 Å². The molecular formula is C9H19N3O4S. The van der Waals surface area contributed by atoms with Gasteiger partial charge in [0.1, 0.15) is 0 Å². The molecule has 0 atom stereocenters. The van der Waals surface area contributed by atoms with E-state index < -0.39 is 16.3 Å². The van der Waals surface area contributed by atoms with Crippen molar-refractivity contribution in [3.8, 4) is 0 Å². The predicted octanol–water partition coefficient (Wildman–Crippen LogP) is -0.354. The highest BCUT2D eigenvalue weighted by molar-refractivity contribution is 7.87. The van der Waals surface area contributed by atoms with Crippen LogP contribution in [0.25, 0.3) is 0 Å². The van der Waals surface area contributed by atoms with E-state index in [0.29, 0.717) is 6.54 Å². The Morgan fingerprint density at radius 3 is 2.59 bits per heavy atom. The van der Waals surface area contributed by atoms with Gasteiger partial charge in [0.25, 0.3) is 0 Å². The van der Waals surface area contributed by atoms with E-state index >= 15 is 0 Å². The Morgan fingerprint density at radius 2 is 2.12 bits per heavy atom. The fourth-order valence-corrected chi connectivity index (χ4v) is 2.57. The van der Waals surface area contributed by atoms with Gasteiger partial charge in [-0.1, -0.05) is 0 Å². The lowest BCUT2D eigenvalue weighted by Crippen LogP contribution is -2.47. The lowest BCUT2D eigenvalue weighted by atomic mass is 9.81.